The van der Waals surface area contributed by atoms with Crippen LogP contribution < -0.4 is 5.73 Å². The van der Waals surface area contributed by atoms with E-state index in [1.54, 1.807) is 19.0 Å². The fourth-order valence-electron chi connectivity index (χ4n) is 1.77. The normalized spacial score (nSPS) is 17.0. The van der Waals surface area contributed by atoms with Crippen LogP contribution in [0.1, 0.15) is 6.42 Å². The predicted octanol–water partition coefficient (Wildman–Crippen LogP) is -1.43. The van der Waals surface area contributed by atoms with E-state index >= 15 is 0 Å². The smallest absolute Gasteiger partial charge is 0.236 e. The molecule has 1 fully saturated rings. The van der Waals surface area contributed by atoms with Crippen molar-refractivity contribution in [2.75, 3.05) is 53.4 Å². The molecule has 2 amide bonds. The fourth-order valence-corrected chi connectivity index (χ4v) is 1.77. The standard InChI is InChI=1S/C11H22N4O2/c1-13(2)11(17)9-14-5-7-15(8-6-14)10(16)3-4-12/h3-9,12H2,1-2H3. The molecule has 1 heterocycles. The summed E-state index contributed by atoms with van der Waals surface area (Å²) in [5.41, 5.74) is 5.35. The van der Waals surface area contributed by atoms with Gasteiger partial charge in [0.2, 0.25) is 11.8 Å². The summed E-state index contributed by atoms with van der Waals surface area (Å²) < 4.78 is 0. The van der Waals surface area contributed by atoms with Crippen LogP contribution in [-0.2, 0) is 9.59 Å². The molecule has 2 N–H and O–H groups in total. The van der Waals surface area contributed by atoms with Crippen molar-refractivity contribution in [3.63, 3.8) is 0 Å². The summed E-state index contributed by atoms with van der Waals surface area (Å²) in [6.07, 6.45) is 0.413. The van der Waals surface area contributed by atoms with Gasteiger partial charge in [-0.15, -0.1) is 0 Å². The number of hydrogen-bond donors (Lipinski definition) is 1. The van der Waals surface area contributed by atoms with Gasteiger partial charge in [-0.1, -0.05) is 0 Å². The molecule has 17 heavy (non-hydrogen) atoms. The van der Waals surface area contributed by atoms with Crippen molar-refractivity contribution < 1.29 is 9.59 Å². The van der Waals surface area contributed by atoms with Gasteiger partial charge in [0.25, 0.3) is 0 Å². The van der Waals surface area contributed by atoms with E-state index in [0.717, 1.165) is 13.1 Å². The third kappa shape index (κ3) is 4.32. The summed E-state index contributed by atoms with van der Waals surface area (Å²) in [7, 11) is 3.51. The highest BCUT2D eigenvalue weighted by Gasteiger charge is 2.22. The van der Waals surface area contributed by atoms with Crippen LogP contribution in [0.3, 0.4) is 0 Å². The molecule has 0 aromatic carbocycles. The van der Waals surface area contributed by atoms with E-state index in [1.807, 2.05) is 4.90 Å². The lowest BCUT2D eigenvalue weighted by Crippen LogP contribution is -2.51. The maximum absolute atomic E-state index is 11.6. The Balaban J connectivity index is 2.31. The van der Waals surface area contributed by atoms with E-state index in [1.165, 1.54) is 0 Å². The fraction of sp³-hybridized carbons (Fsp3) is 0.818. The molecule has 0 saturated carbocycles. The third-order valence-electron chi connectivity index (χ3n) is 2.94. The van der Waals surface area contributed by atoms with Gasteiger partial charge in [-0.25, -0.2) is 0 Å². The zero-order valence-electron chi connectivity index (χ0n) is 10.7. The summed E-state index contributed by atoms with van der Waals surface area (Å²) in [4.78, 5) is 28.6. The van der Waals surface area contributed by atoms with Gasteiger partial charge in [-0.05, 0) is 0 Å². The first-order valence-corrected chi connectivity index (χ1v) is 5.95. The first kappa shape index (κ1) is 13.9. The maximum Gasteiger partial charge on any atom is 0.236 e. The van der Waals surface area contributed by atoms with Crippen LogP contribution in [-0.4, -0.2) is 79.9 Å². The molecule has 6 heteroatoms. The van der Waals surface area contributed by atoms with Crippen molar-refractivity contribution in [3.8, 4) is 0 Å². The van der Waals surface area contributed by atoms with E-state index in [0.29, 0.717) is 32.6 Å². The summed E-state index contributed by atoms with van der Waals surface area (Å²) in [5, 5.41) is 0. The number of carbonyl (C=O) groups is 2. The molecule has 6 nitrogen and oxygen atoms in total. The van der Waals surface area contributed by atoms with Crippen molar-refractivity contribution in [1.29, 1.82) is 0 Å². The van der Waals surface area contributed by atoms with Gasteiger partial charge in [0.05, 0.1) is 6.54 Å². The van der Waals surface area contributed by atoms with Crippen LogP contribution in [0.15, 0.2) is 0 Å². The van der Waals surface area contributed by atoms with E-state index in [9.17, 15) is 9.59 Å². The average molecular weight is 242 g/mol. The number of nitrogens with two attached hydrogens (primary N) is 1. The van der Waals surface area contributed by atoms with Crippen LogP contribution in [0.2, 0.25) is 0 Å². The molecule has 0 unspecified atom stereocenters. The first-order chi connectivity index (χ1) is 8.04. The summed E-state index contributed by atoms with van der Waals surface area (Å²) in [6, 6.07) is 0. The van der Waals surface area contributed by atoms with Gasteiger partial charge >= 0.3 is 0 Å². The third-order valence-corrected chi connectivity index (χ3v) is 2.94. The number of carbonyl (C=O) groups excluding carboxylic acids is 2. The van der Waals surface area contributed by atoms with Gasteiger partial charge in [0.15, 0.2) is 0 Å². The Bertz CT molecular complexity index is 273. The van der Waals surface area contributed by atoms with E-state index in [2.05, 4.69) is 4.90 Å². The largest absolute Gasteiger partial charge is 0.348 e. The van der Waals surface area contributed by atoms with Crippen molar-refractivity contribution in [1.82, 2.24) is 14.7 Å². The van der Waals surface area contributed by atoms with E-state index in [4.69, 9.17) is 5.73 Å². The topological polar surface area (TPSA) is 69.9 Å². The lowest BCUT2D eigenvalue weighted by molar-refractivity contribution is -0.134. The SMILES string of the molecule is CN(C)C(=O)CN1CCN(C(=O)CCN)CC1. The average Bonchev–Trinajstić information content (AvgIpc) is 2.30. The minimum Gasteiger partial charge on any atom is -0.348 e. The minimum absolute atomic E-state index is 0.103. The Kier molecular flexibility index (Phi) is 5.37. The van der Waals surface area contributed by atoms with Crippen LogP contribution in [0, 0.1) is 0 Å². The number of nitrogens with zero attached hydrogens (tertiary/aromatic N) is 3. The number of amides is 2. The van der Waals surface area contributed by atoms with Crippen molar-refractivity contribution in [2.24, 2.45) is 5.73 Å². The van der Waals surface area contributed by atoms with Gasteiger partial charge in [-0.3, -0.25) is 14.5 Å². The molecule has 0 aliphatic carbocycles. The predicted molar refractivity (Wildman–Crippen MR) is 65.4 cm³/mol. The van der Waals surface area contributed by atoms with Gasteiger partial charge in [0, 0.05) is 53.2 Å². The summed E-state index contributed by atoms with van der Waals surface area (Å²) >= 11 is 0. The molecule has 0 spiro atoms. The number of piperazine rings is 1. The molecule has 98 valence electrons. The Labute approximate surface area is 102 Å². The Morgan fingerprint density at radius 3 is 2.24 bits per heavy atom. The Hall–Kier alpha value is -1.14. The van der Waals surface area contributed by atoms with Gasteiger partial charge in [-0.2, -0.15) is 0 Å². The lowest BCUT2D eigenvalue weighted by Gasteiger charge is -2.34. The number of rotatable bonds is 4. The van der Waals surface area contributed by atoms with Gasteiger partial charge in [0.1, 0.15) is 0 Å². The quantitative estimate of drug-likeness (QED) is 0.656. The molecular formula is C11H22N4O2. The molecule has 0 bridgehead atoms. The molecule has 0 aromatic rings. The Morgan fingerprint density at radius 2 is 1.76 bits per heavy atom. The number of likely N-dealkylation sites (N-methyl/N-ethyl adjacent to an activating group) is 1. The number of hydrogen-bond acceptors (Lipinski definition) is 4. The Morgan fingerprint density at radius 1 is 1.18 bits per heavy atom. The molecule has 1 saturated heterocycles. The second-order valence-corrected chi connectivity index (χ2v) is 4.48. The molecule has 0 atom stereocenters. The zero-order valence-corrected chi connectivity index (χ0v) is 10.7. The highest BCUT2D eigenvalue weighted by Crippen LogP contribution is 2.03. The molecule has 1 aliphatic heterocycles. The van der Waals surface area contributed by atoms with Crippen molar-refractivity contribution in [2.45, 2.75) is 6.42 Å². The minimum atomic E-state index is 0.103. The highest BCUT2D eigenvalue weighted by atomic mass is 16.2. The van der Waals surface area contributed by atoms with Crippen LogP contribution in [0.4, 0.5) is 0 Å². The van der Waals surface area contributed by atoms with Crippen molar-refractivity contribution >= 4 is 11.8 Å². The molecule has 0 radical (unpaired) electrons. The second-order valence-electron chi connectivity index (χ2n) is 4.48. The lowest BCUT2D eigenvalue weighted by atomic mass is 10.2. The highest BCUT2D eigenvalue weighted by molar-refractivity contribution is 5.78. The molecule has 1 rings (SSSR count). The molecule has 1 aliphatic rings. The summed E-state index contributed by atoms with van der Waals surface area (Å²) in [5.74, 6) is 0.220. The molecular weight excluding hydrogens is 220 g/mol. The second kappa shape index (κ2) is 6.56. The first-order valence-electron chi connectivity index (χ1n) is 5.95. The summed E-state index contributed by atoms with van der Waals surface area (Å²) in [6.45, 7) is 3.74. The zero-order chi connectivity index (χ0) is 12.8. The maximum atomic E-state index is 11.6. The van der Waals surface area contributed by atoms with Crippen molar-refractivity contribution in [3.05, 3.63) is 0 Å². The van der Waals surface area contributed by atoms with Gasteiger partial charge < -0.3 is 15.5 Å². The monoisotopic (exact) mass is 242 g/mol. The van der Waals surface area contributed by atoms with Crippen LogP contribution in [0.25, 0.3) is 0 Å². The van der Waals surface area contributed by atoms with Crippen LogP contribution in [0.5, 0.6) is 0 Å². The van der Waals surface area contributed by atoms with E-state index in [-0.39, 0.29) is 11.8 Å². The van der Waals surface area contributed by atoms with Crippen LogP contribution >= 0.6 is 0 Å². The van der Waals surface area contributed by atoms with E-state index < -0.39 is 0 Å². The molecule has 0 aromatic heterocycles.